The molecule has 2 aromatic rings. The van der Waals surface area contributed by atoms with Crippen LogP contribution in [0.25, 0.3) is 6.08 Å². The van der Waals surface area contributed by atoms with Crippen molar-refractivity contribution < 1.29 is 23.8 Å². The van der Waals surface area contributed by atoms with Gasteiger partial charge in [0.2, 0.25) is 11.8 Å². The van der Waals surface area contributed by atoms with E-state index in [0.29, 0.717) is 40.7 Å². The molecular weight excluding hydrogens is 432 g/mol. The number of hydrogen-bond acceptors (Lipinski definition) is 6. The highest BCUT2D eigenvalue weighted by Gasteiger charge is 2.26. The number of carbonyl (C=O) groups is 2. The lowest BCUT2D eigenvalue weighted by atomic mass is 10.1. The number of methoxy groups -OCH3 is 1. The molecule has 2 aliphatic rings. The topological polar surface area (TPSA) is 77.4 Å². The van der Waals surface area contributed by atoms with Crippen LogP contribution in [0.15, 0.2) is 47.1 Å². The number of nitrogens with zero attached hydrogens (tertiary/aromatic N) is 2. The molecule has 0 saturated carbocycles. The molecule has 1 saturated heterocycles. The Morgan fingerprint density at radius 1 is 1.22 bits per heavy atom. The van der Waals surface area contributed by atoms with E-state index >= 15 is 0 Å². The van der Waals surface area contributed by atoms with Gasteiger partial charge in [0.15, 0.2) is 17.2 Å². The fraction of sp³-hybridized carbons (Fsp3) is 0.292. The van der Waals surface area contributed by atoms with Crippen molar-refractivity contribution in [2.75, 3.05) is 25.2 Å². The molecule has 0 unspecified atom stereocenters. The highest BCUT2D eigenvalue weighted by molar-refractivity contribution is 6.32. The van der Waals surface area contributed by atoms with E-state index in [1.165, 1.54) is 7.11 Å². The number of rotatable bonds is 7. The van der Waals surface area contributed by atoms with Crippen molar-refractivity contribution in [2.45, 2.75) is 26.2 Å². The Hall–Kier alpha value is -3.32. The lowest BCUT2D eigenvalue weighted by molar-refractivity contribution is -0.130. The Labute approximate surface area is 191 Å². The average Bonchev–Trinajstić information content (AvgIpc) is 3.38. The molecule has 32 heavy (non-hydrogen) atoms. The molecule has 0 aliphatic carbocycles. The predicted molar refractivity (Wildman–Crippen MR) is 122 cm³/mol. The lowest BCUT2D eigenvalue weighted by Crippen LogP contribution is -2.23. The van der Waals surface area contributed by atoms with Crippen LogP contribution >= 0.6 is 11.6 Å². The molecule has 4 rings (SSSR count). The largest absolute Gasteiger partial charge is 0.493 e. The monoisotopic (exact) mass is 454 g/mol. The number of halogens is 1. The fourth-order valence-corrected chi connectivity index (χ4v) is 3.84. The zero-order chi connectivity index (χ0) is 22.7. The van der Waals surface area contributed by atoms with Gasteiger partial charge in [0, 0.05) is 24.2 Å². The zero-order valence-electron chi connectivity index (χ0n) is 17.9. The minimum atomic E-state index is -0.555. The third kappa shape index (κ3) is 4.48. The molecule has 1 amide bonds. The number of carbonyl (C=O) groups excluding carboxylic acids is 2. The van der Waals surface area contributed by atoms with Gasteiger partial charge in [-0.05, 0) is 60.9 Å². The average molecular weight is 455 g/mol. The molecule has 0 bridgehead atoms. The molecule has 0 spiro atoms. The van der Waals surface area contributed by atoms with Crippen LogP contribution in [-0.4, -0.2) is 38.0 Å². The Morgan fingerprint density at radius 2 is 2.00 bits per heavy atom. The van der Waals surface area contributed by atoms with E-state index in [1.54, 1.807) is 35.2 Å². The van der Waals surface area contributed by atoms with Gasteiger partial charge in [0.25, 0.3) is 0 Å². The van der Waals surface area contributed by atoms with Crippen LogP contribution in [0, 0.1) is 0 Å². The van der Waals surface area contributed by atoms with Crippen molar-refractivity contribution >= 4 is 41.1 Å². The summed E-state index contributed by atoms with van der Waals surface area (Å²) in [4.78, 5) is 30.4. The molecule has 166 valence electrons. The van der Waals surface area contributed by atoms with Gasteiger partial charge in [-0.2, -0.15) is 0 Å². The standard InChI is InChI=1S/C24H23ClN2O5/c1-3-11-31-22-18(25)12-15(14-20(22)30-2)13-19-24(29)32-23(26-19)16-6-8-17(9-7-16)27-10-4-5-21(27)28/h6-9,12-14H,3-5,10-11H2,1-2H3/b19-13-. The summed E-state index contributed by atoms with van der Waals surface area (Å²) in [7, 11) is 1.53. The van der Waals surface area contributed by atoms with Crippen molar-refractivity contribution in [1.82, 2.24) is 0 Å². The molecule has 7 nitrogen and oxygen atoms in total. The summed E-state index contributed by atoms with van der Waals surface area (Å²) in [6, 6.07) is 10.6. The van der Waals surface area contributed by atoms with Gasteiger partial charge < -0.3 is 19.1 Å². The van der Waals surface area contributed by atoms with Gasteiger partial charge >= 0.3 is 5.97 Å². The second-order valence-corrected chi connectivity index (χ2v) is 7.82. The highest BCUT2D eigenvalue weighted by Crippen LogP contribution is 2.37. The Bertz CT molecular complexity index is 1110. The summed E-state index contributed by atoms with van der Waals surface area (Å²) in [6.45, 7) is 3.23. The summed E-state index contributed by atoms with van der Waals surface area (Å²) in [5.41, 5.74) is 2.26. The smallest absolute Gasteiger partial charge is 0.363 e. The molecular formula is C24H23ClN2O5. The van der Waals surface area contributed by atoms with Crippen molar-refractivity contribution in [3.05, 3.63) is 58.2 Å². The zero-order valence-corrected chi connectivity index (χ0v) is 18.6. The van der Waals surface area contributed by atoms with E-state index in [1.807, 2.05) is 19.1 Å². The minimum Gasteiger partial charge on any atom is -0.493 e. The van der Waals surface area contributed by atoms with Gasteiger partial charge in [-0.3, -0.25) is 4.79 Å². The third-order valence-corrected chi connectivity index (χ3v) is 5.41. The molecule has 0 N–H and O–H groups in total. The molecule has 2 aromatic carbocycles. The summed E-state index contributed by atoms with van der Waals surface area (Å²) < 4.78 is 16.4. The predicted octanol–water partition coefficient (Wildman–Crippen LogP) is 4.61. The first kappa shape index (κ1) is 21.9. The number of amides is 1. The molecule has 1 fully saturated rings. The summed E-state index contributed by atoms with van der Waals surface area (Å²) >= 11 is 6.36. The van der Waals surface area contributed by atoms with Crippen LogP contribution in [0.4, 0.5) is 5.69 Å². The number of anilines is 1. The molecule has 8 heteroatoms. The van der Waals surface area contributed by atoms with Gasteiger partial charge in [-0.1, -0.05) is 18.5 Å². The first-order chi connectivity index (χ1) is 15.5. The summed E-state index contributed by atoms with van der Waals surface area (Å²) in [6.07, 6.45) is 3.86. The molecule has 0 aromatic heterocycles. The normalized spacial score (nSPS) is 17.0. The van der Waals surface area contributed by atoms with Gasteiger partial charge in [-0.25, -0.2) is 9.79 Å². The molecule has 0 atom stereocenters. The van der Waals surface area contributed by atoms with Crippen LogP contribution in [-0.2, 0) is 14.3 Å². The molecule has 2 heterocycles. The van der Waals surface area contributed by atoms with Crippen molar-refractivity contribution in [3.63, 3.8) is 0 Å². The maximum Gasteiger partial charge on any atom is 0.363 e. The number of ether oxygens (including phenoxy) is 3. The van der Waals surface area contributed by atoms with E-state index < -0.39 is 5.97 Å². The third-order valence-electron chi connectivity index (χ3n) is 5.13. The minimum absolute atomic E-state index is 0.118. The number of cyclic esters (lactones) is 1. The Kier molecular flexibility index (Phi) is 6.46. The fourth-order valence-electron chi connectivity index (χ4n) is 3.56. The van der Waals surface area contributed by atoms with E-state index in [9.17, 15) is 9.59 Å². The molecule has 2 aliphatic heterocycles. The second kappa shape index (κ2) is 9.44. The van der Waals surface area contributed by atoms with E-state index in [4.69, 9.17) is 25.8 Å². The van der Waals surface area contributed by atoms with Crippen molar-refractivity contribution in [2.24, 2.45) is 4.99 Å². The number of aliphatic imine (C=N–C) groups is 1. The Balaban J connectivity index is 1.57. The Morgan fingerprint density at radius 3 is 2.66 bits per heavy atom. The van der Waals surface area contributed by atoms with Crippen LogP contribution in [0.1, 0.15) is 37.3 Å². The second-order valence-electron chi connectivity index (χ2n) is 7.41. The van der Waals surface area contributed by atoms with Crippen LogP contribution < -0.4 is 14.4 Å². The van der Waals surface area contributed by atoms with E-state index in [2.05, 4.69) is 4.99 Å². The summed E-state index contributed by atoms with van der Waals surface area (Å²) in [5.74, 6) is 0.711. The van der Waals surface area contributed by atoms with Gasteiger partial charge in [0.1, 0.15) is 0 Å². The van der Waals surface area contributed by atoms with Gasteiger partial charge in [0.05, 0.1) is 18.7 Å². The first-order valence-corrected chi connectivity index (χ1v) is 10.8. The SMILES string of the molecule is CCCOc1c(Cl)cc(/C=C2\N=C(c3ccc(N4CCCC4=O)cc3)OC2=O)cc1OC. The highest BCUT2D eigenvalue weighted by atomic mass is 35.5. The number of esters is 1. The maximum absolute atomic E-state index is 12.4. The van der Waals surface area contributed by atoms with Crippen LogP contribution in [0.2, 0.25) is 5.02 Å². The van der Waals surface area contributed by atoms with Crippen molar-refractivity contribution in [1.29, 1.82) is 0 Å². The van der Waals surface area contributed by atoms with Gasteiger partial charge in [-0.15, -0.1) is 0 Å². The van der Waals surface area contributed by atoms with Crippen molar-refractivity contribution in [3.8, 4) is 11.5 Å². The number of benzene rings is 2. The number of hydrogen-bond donors (Lipinski definition) is 0. The summed E-state index contributed by atoms with van der Waals surface area (Å²) in [5, 5.41) is 0.382. The molecule has 0 radical (unpaired) electrons. The first-order valence-electron chi connectivity index (χ1n) is 10.4. The van der Waals surface area contributed by atoms with Crippen LogP contribution in [0.3, 0.4) is 0 Å². The van der Waals surface area contributed by atoms with E-state index in [-0.39, 0.29) is 17.5 Å². The van der Waals surface area contributed by atoms with E-state index in [0.717, 1.165) is 25.1 Å². The quantitative estimate of drug-likeness (QED) is 0.451. The maximum atomic E-state index is 12.4. The van der Waals surface area contributed by atoms with Crippen LogP contribution in [0.5, 0.6) is 11.5 Å². The lowest BCUT2D eigenvalue weighted by Gasteiger charge is -2.15.